The number of alkyl halides is 2. The van der Waals surface area contributed by atoms with Crippen LogP contribution in [0.4, 0.5) is 8.78 Å². The van der Waals surface area contributed by atoms with Gasteiger partial charge in [0.2, 0.25) is 0 Å². The summed E-state index contributed by atoms with van der Waals surface area (Å²) in [5, 5.41) is 2.94. The topological polar surface area (TPSA) is 78.1 Å². The normalized spacial score (nSPS) is 12.5. The van der Waals surface area contributed by atoms with Crippen molar-refractivity contribution in [1.29, 1.82) is 0 Å². The molecule has 1 aromatic carbocycles. The molecule has 0 aliphatic heterocycles. The molecule has 3 N–H and O–H groups in total. The van der Waals surface area contributed by atoms with E-state index in [2.05, 4.69) is 15.0 Å². The quantitative estimate of drug-likeness (QED) is 0.310. The molecular formula is C16H26F2IN3O3. The van der Waals surface area contributed by atoms with Gasteiger partial charge in [-0.25, -0.2) is 4.99 Å². The Morgan fingerprint density at radius 2 is 2.08 bits per heavy atom. The van der Waals surface area contributed by atoms with Gasteiger partial charge in [-0.2, -0.15) is 8.78 Å². The SMILES string of the molecule is CCCOc1ccc(CN=C(N)NC(C)COC)c(OC(F)F)c1.I. The van der Waals surface area contributed by atoms with Crippen LogP contribution in [0.1, 0.15) is 25.8 Å². The number of hydrogen-bond acceptors (Lipinski definition) is 4. The van der Waals surface area contributed by atoms with Gasteiger partial charge >= 0.3 is 6.61 Å². The van der Waals surface area contributed by atoms with Crippen molar-refractivity contribution in [2.45, 2.75) is 39.5 Å². The molecule has 25 heavy (non-hydrogen) atoms. The minimum Gasteiger partial charge on any atom is -0.493 e. The minimum atomic E-state index is -2.92. The van der Waals surface area contributed by atoms with E-state index in [4.69, 9.17) is 15.2 Å². The molecule has 0 radical (unpaired) electrons. The molecule has 9 heteroatoms. The van der Waals surface area contributed by atoms with Gasteiger partial charge in [0.25, 0.3) is 0 Å². The van der Waals surface area contributed by atoms with Gasteiger partial charge in [-0.1, -0.05) is 6.92 Å². The third-order valence-corrected chi connectivity index (χ3v) is 2.96. The Bertz CT molecular complexity index is 533. The number of benzene rings is 1. The highest BCUT2D eigenvalue weighted by atomic mass is 127. The molecule has 144 valence electrons. The third kappa shape index (κ3) is 9.63. The average molecular weight is 473 g/mol. The highest BCUT2D eigenvalue weighted by Crippen LogP contribution is 2.27. The Morgan fingerprint density at radius 1 is 1.36 bits per heavy atom. The Kier molecular flexibility index (Phi) is 12.2. The van der Waals surface area contributed by atoms with Crippen molar-refractivity contribution in [1.82, 2.24) is 5.32 Å². The zero-order chi connectivity index (χ0) is 17.9. The van der Waals surface area contributed by atoms with Gasteiger partial charge in [0.15, 0.2) is 5.96 Å². The first-order valence-corrected chi connectivity index (χ1v) is 7.72. The van der Waals surface area contributed by atoms with Crippen LogP contribution in [-0.2, 0) is 11.3 Å². The number of guanidine groups is 1. The van der Waals surface area contributed by atoms with Gasteiger partial charge in [0, 0.05) is 24.8 Å². The molecular weight excluding hydrogens is 447 g/mol. The van der Waals surface area contributed by atoms with Crippen LogP contribution in [0.5, 0.6) is 11.5 Å². The second-order valence-corrected chi connectivity index (χ2v) is 5.20. The van der Waals surface area contributed by atoms with Gasteiger partial charge in [-0.3, -0.25) is 0 Å². The summed E-state index contributed by atoms with van der Waals surface area (Å²) in [6, 6.07) is 4.75. The first kappa shape index (κ1) is 23.6. The maximum atomic E-state index is 12.6. The Hall–Kier alpha value is -1.36. The number of rotatable bonds is 10. The molecule has 0 amide bonds. The summed E-state index contributed by atoms with van der Waals surface area (Å²) in [6.45, 7) is 2.00. The van der Waals surface area contributed by atoms with Crippen molar-refractivity contribution in [2.24, 2.45) is 10.7 Å². The first-order chi connectivity index (χ1) is 11.5. The van der Waals surface area contributed by atoms with E-state index in [1.54, 1.807) is 19.2 Å². The number of ether oxygens (including phenoxy) is 3. The van der Waals surface area contributed by atoms with Gasteiger partial charge in [0.05, 0.1) is 19.8 Å². The van der Waals surface area contributed by atoms with E-state index in [0.717, 1.165) is 6.42 Å². The molecule has 1 rings (SSSR count). The maximum absolute atomic E-state index is 12.6. The van der Waals surface area contributed by atoms with E-state index >= 15 is 0 Å². The summed E-state index contributed by atoms with van der Waals surface area (Å²) < 4.78 is 40.1. The molecule has 1 atom stereocenters. The Labute approximate surface area is 164 Å². The van der Waals surface area contributed by atoms with Crippen LogP contribution >= 0.6 is 24.0 Å². The highest BCUT2D eigenvalue weighted by molar-refractivity contribution is 14.0. The fourth-order valence-corrected chi connectivity index (χ4v) is 1.94. The van der Waals surface area contributed by atoms with Crippen LogP contribution in [0.25, 0.3) is 0 Å². The molecule has 0 aliphatic carbocycles. The molecule has 0 spiro atoms. The highest BCUT2D eigenvalue weighted by Gasteiger charge is 2.11. The number of nitrogens with two attached hydrogens (primary N) is 1. The summed E-state index contributed by atoms with van der Waals surface area (Å²) in [4.78, 5) is 4.14. The molecule has 1 unspecified atom stereocenters. The van der Waals surface area contributed by atoms with E-state index in [1.807, 2.05) is 13.8 Å². The van der Waals surface area contributed by atoms with Crippen LogP contribution in [0.3, 0.4) is 0 Å². The van der Waals surface area contributed by atoms with Gasteiger partial charge < -0.3 is 25.3 Å². The Balaban J connectivity index is 0.00000576. The summed E-state index contributed by atoms with van der Waals surface area (Å²) in [5.74, 6) is 0.703. The van der Waals surface area contributed by atoms with E-state index in [0.29, 0.717) is 24.5 Å². The fourth-order valence-electron chi connectivity index (χ4n) is 1.94. The average Bonchev–Trinajstić information content (AvgIpc) is 2.51. The lowest BCUT2D eigenvalue weighted by molar-refractivity contribution is -0.0505. The molecule has 6 nitrogen and oxygen atoms in total. The summed E-state index contributed by atoms with van der Waals surface area (Å²) in [6.07, 6.45) is 0.818. The lowest BCUT2D eigenvalue weighted by atomic mass is 10.2. The van der Waals surface area contributed by atoms with Crippen LogP contribution < -0.4 is 20.5 Å². The second-order valence-electron chi connectivity index (χ2n) is 5.20. The smallest absolute Gasteiger partial charge is 0.387 e. The molecule has 0 fully saturated rings. The van der Waals surface area contributed by atoms with Crippen molar-refractivity contribution in [3.05, 3.63) is 23.8 Å². The van der Waals surface area contributed by atoms with Crippen LogP contribution in [0.15, 0.2) is 23.2 Å². The first-order valence-electron chi connectivity index (χ1n) is 7.72. The number of hydrogen-bond donors (Lipinski definition) is 2. The summed E-state index contributed by atoms with van der Waals surface area (Å²) >= 11 is 0. The molecule has 0 saturated heterocycles. The van der Waals surface area contributed by atoms with Crippen LogP contribution in [-0.4, -0.2) is 38.9 Å². The Morgan fingerprint density at radius 3 is 2.68 bits per heavy atom. The zero-order valence-corrected chi connectivity index (χ0v) is 17.0. The zero-order valence-electron chi connectivity index (χ0n) is 14.6. The number of halogens is 3. The third-order valence-electron chi connectivity index (χ3n) is 2.96. The van der Waals surface area contributed by atoms with E-state index in [9.17, 15) is 8.78 Å². The lowest BCUT2D eigenvalue weighted by Gasteiger charge is -2.14. The number of nitrogens with zero attached hydrogens (tertiary/aromatic N) is 1. The van der Waals surface area contributed by atoms with Crippen molar-refractivity contribution >= 4 is 29.9 Å². The van der Waals surface area contributed by atoms with Crippen molar-refractivity contribution in [3.8, 4) is 11.5 Å². The lowest BCUT2D eigenvalue weighted by Crippen LogP contribution is -2.40. The molecule has 0 bridgehead atoms. The number of nitrogens with one attached hydrogen (secondary N) is 1. The van der Waals surface area contributed by atoms with Crippen LogP contribution in [0, 0.1) is 0 Å². The van der Waals surface area contributed by atoms with Crippen LogP contribution in [0.2, 0.25) is 0 Å². The predicted octanol–water partition coefficient (Wildman–Crippen LogP) is 3.13. The van der Waals surface area contributed by atoms with Crippen molar-refractivity contribution < 1.29 is 23.0 Å². The monoisotopic (exact) mass is 473 g/mol. The molecule has 0 saturated carbocycles. The van der Waals surface area contributed by atoms with E-state index in [1.165, 1.54) is 6.07 Å². The number of methoxy groups -OCH3 is 1. The number of aliphatic imine (C=N–C) groups is 1. The van der Waals surface area contributed by atoms with Gasteiger partial charge in [-0.05, 0) is 25.5 Å². The van der Waals surface area contributed by atoms with Crippen molar-refractivity contribution in [2.75, 3.05) is 20.3 Å². The summed E-state index contributed by atoms with van der Waals surface area (Å²) in [5.41, 5.74) is 6.26. The molecule has 0 aliphatic rings. The van der Waals surface area contributed by atoms with Crippen molar-refractivity contribution in [3.63, 3.8) is 0 Å². The van der Waals surface area contributed by atoms with Gasteiger partial charge in [0.1, 0.15) is 11.5 Å². The largest absolute Gasteiger partial charge is 0.493 e. The van der Waals surface area contributed by atoms with Gasteiger partial charge in [-0.15, -0.1) is 24.0 Å². The maximum Gasteiger partial charge on any atom is 0.387 e. The van der Waals surface area contributed by atoms with E-state index in [-0.39, 0.29) is 48.3 Å². The molecule has 0 heterocycles. The minimum absolute atomic E-state index is 0. The molecule has 1 aromatic rings. The fraction of sp³-hybridized carbons (Fsp3) is 0.562. The predicted molar refractivity (Wildman–Crippen MR) is 104 cm³/mol. The standard InChI is InChI=1S/C16H25F2N3O3.HI/c1-4-7-23-13-6-5-12(14(8-13)24-15(17)18)9-20-16(19)21-11(2)10-22-3;/h5-6,8,11,15H,4,7,9-10H2,1-3H3,(H3,19,20,21);1H. The summed E-state index contributed by atoms with van der Waals surface area (Å²) in [7, 11) is 1.58. The van der Waals surface area contributed by atoms with E-state index < -0.39 is 6.61 Å². The molecule has 0 aromatic heterocycles. The second kappa shape index (κ2) is 12.9.